The van der Waals surface area contributed by atoms with E-state index in [4.69, 9.17) is 0 Å². The molecule has 0 bridgehead atoms. The molecule has 0 radical (unpaired) electrons. The Morgan fingerprint density at radius 1 is 1.38 bits per heavy atom. The highest BCUT2D eigenvalue weighted by Gasteiger charge is 2.34. The molecule has 76 valence electrons. The van der Waals surface area contributed by atoms with Gasteiger partial charge in [-0.05, 0) is 19.8 Å². The fourth-order valence-electron chi connectivity index (χ4n) is 2.19. The SMILES string of the molecule is C/C=C/[C@]1(O)CCCCC[C@@H]1CO. The second kappa shape index (κ2) is 4.77. The lowest BCUT2D eigenvalue weighted by Gasteiger charge is -2.30. The average molecular weight is 184 g/mol. The fourth-order valence-corrected chi connectivity index (χ4v) is 2.19. The van der Waals surface area contributed by atoms with E-state index in [1.807, 2.05) is 19.1 Å². The zero-order valence-corrected chi connectivity index (χ0v) is 8.37. The van der Waals surface area contributed by atoms with Crippen molar-refractivity contribution in [3.8, 4) is 0 Å². The molecule has 0 amide bonds. The van der Waals surface area contributed by atoms with E-state index in [2.05, 4.69) is 0 Å². The molecule has 0 heterocycles. The van der Waals surface area contributed by atoms with E-state index in [0.717, 1.165) is 25.7 Å². The largest absolute Gasteiger partial charge is 0.396 e. The molecule has 1 rings (SSSR count). The molecule has 0 unspecified atom stereocenters. The van der Waals surface area contributed by atoms with Crippen LogP contribution in [0.15, 0.2) is 12.2 Å². The first kappa shape index (κ1) is 10.7. The Labute approximate surface area is 80.3 Å². The number of rotatable bonds is 2. The van der Waals surface area contributed by atoms with Crippen molar-refractivity contribution < 1.29 is 10.2 Å². The van der Waals surface area contributed by atoms with Crippen LogP contribution in [0.2, 0.25) is 0 Å². The third-order valence-corrected chi connectivity index (χ3v) is 3.01. The Balaban J connectivity index is 2.73. The molecular weight excluding hydrogens is 164 g/mol. The van der Waals surface area contributed by atoms with Crippen molar-refractivity contribution in [2.24, 2.45) is 5.92 Å². The predicted molar refractivity (Wildman–Crippen MR) is 53.4 cm³/mol. The molecule has 2 N–H and O–H groups in total. The quantitative estimate of drug-likeness (QED) is 0.508. The van der Waals surface area contributed by atoms with E-state index >= 15 is 0 Å². The summed E-state index contributed by atoms with van der Waals surface area (Å²) in [6.45, 7) is 2.01. The van der Waals surface area contributed by atoms with Crippen molar-refractivity contribution >= 4 is 0 Å². The molecule has 0 saturated heterocycles. The lowest BCUT2D eigenvalue weighted by atomic mass is 9.83. The zero-order chi connectivity index (χ0) is 9.73. The number of aliphatic hydroxyl groups excluding tert-OH is 1. The molecule has 1 fully saturated rings. The Morgan fingerprint density at radius 3 is 2.77 bits per heavy atom. The maximum absolute atomic E-state index is 10.3. The second-order valence-corrected chi connectivity index (χ2v) is 3.97. The maximum Gasteiger partial charge on any atom is 0.0877 e. The smallest absolute Gasteiger partial charge is 0.0877 e. The summed E-state index contributed by atoms with van der Waals surface area (Å²) in [5.41, 5.74) is -0.750. The normalized spacial score (nSPS) is 36.4. The Hall–Kier alpha value is -0.340. The molecule has 1 aliphatic carbocycles. The van der Waals surface area contributed by atoms with E-state index in [0.29, 0.717) is 0 Å². The lowest BCUT2D eigenvalue weighted by molar-refractivity contribution is -0.00410. The van der Waals surface area contributed by atoms with Crippen molar-refractivity contribution in [1.82, 2.24) is 0 Å². The van der Waals surface area contributed by atoms with Gasteiger partial charge in [-0.3, -0.25) is 0 Å². The summed E-state index contributed by atoms with van der Waals surface area (Å²) < 4.78 is 0. The third kappa shape index (κ3) is 2.55. The summed E-state index contributed by atoms with van der Waals surface area (Å²) >= 11 is 0. The van der Waals surface area contributed by atoms with Crippen LogP contribution in [0.4, 0.5) is 0 Å². The first-order valence-electron chi connectivity index (χ1n) is 5.20. The van der Waals surface area contributed by atoms with Gasteiger partial charge in [0.1, 0.15) is 0 Å². The van der Waals surface area contributed by atoms with Crippen molar-refractivity contribution in [3.05, 3.63) is 12.2 Å². The first-order chi connectivity index (χ1) is 6.23. The van der Waals surface area contributed by atoms with Gasteiger partial charge in [0, 0.05) is 12.5 Å². The van der Waals surface area contributed by atoms with Crippen molar-refractivity contribution in [2.45, 2.75) is 44.6 Å². The van der Waals surface area contributed by atoms with Crippen LogP contribution in [-0.4, -0.2) is 22.4 Å². The van der Waals surface area contributed by atoms with Crippen LogP contribution in [-0.2, 0) is 0 Å². The third-order valence-electron chi connectivity index (χ3n) is 3.01. The molecule has 2 heteroatoms. The van der Waals surface area contributed by atoms with Crippen LogP contribution < -0.4 is 0 Å². The van der Waals surface area contributed by atoms with Gasteiger partial charge >= 0.3 is 0 Å². The first-order valence-corrected chi connectivity index (χ1v) is 5.20. The number of hydrogen-bond donors (Lipinski definition) is 2. The molecular formula is C11H20O2. The molecule has 0 aromatic heterocycles. The summed E-state index contributed by atoms with van der Waals surface area (Å²) in [5.74, 6) is 0.0335. The summed E-state index contributed by atoms with van der Waals surface area (Å²) in [7, 11) is 0. The highest BCUT2D eigenvalue weighted by atomic mass is 16.3. The molecule has 2 atom stereocenters. The molecule has 2 nitrogen and oxygen atoms in total. The Bertz CT molecular complexity index is 177. The standard InChI is InChI=1S/C11H20O2/c1-2-7-11(13)8-5-3-4-6-10(11)9-12/h2,7,10,12-13H,3-6,8-9H2,1H3/b7-2+/t10-,11+/m1/s1. The average Bonchev–Trinajstić information content (AvgIpc) is 2.27. The van der Waals surface area contributed by atoms with Gasteiger partial charge in [0.15, 0.2) is 0 Å². The highest BCUT2D eigenvalue weighted by Crippen LogP contribution is 2.33. The minimum Gasteiger partial charge on any atom is -0.396 e. The monoisotopic (exact) mass is 184 g/mol. The van der Waals surface area contributed by atoms with Gasteiger partial charge in [-0.25, -0.2) is 0 Å². The summed E-state index contributed by atoms with van der Waals surface area (Å²) in [6.07, 6.45) is 8.84. The van der Waals surface area contributed by atoms with Crippen LogP contribution in [0.3, 0.4) is 0 Å². The van der Waals surface area contributed by atoms with Gasteiger partial charge in [0.05, 0.1) is 5.60 Å². The fraction of sp³-hybridized carbons (Fsp3) is 0.818. The van der Waals surface area contributed by atoms with Crippen LogP contribution in [0.5, 0.6) is 0 Å². The number of hydrogen-bond acceptors (Lipinski definition) is 2. The zero-order valence-electron chi connectivity index (χ0n) is 8.37. The van der Waals surface area contributed by atoms with Gasteiger partial charge in [-0.1, -0.05) is 31.4 Å². The molecule has 0 aliphatic heterocycles. The molecule has 0 aromatic rings. The van der Waals surface area contributed by atoms with Crippen LogP contribution in [0.1, 0.15) is 39.0 Å². The van der Waals surface area contributed by atoms with Gasteiger partial charge in [0.2, 0.25) is 0 Å². The topological polar surface area (TPSA) is 40.5 Å². The van der Waals surface area contributed by atoms with Gasteiger partial charge in [-0.15, -0.1) is 0 Å². The Morgan fingerprint density at radius 2 is 2.15 bits per heavy atom. The maximum atomic E-state index is 10.3. The van der Waals surface area contributed by atoms with E-state index in [1.54, 1.807) is 0 Å². The summed E-state index contributed by atoms with van der Waals surface area (Å²) in [5, 5.41) is 19.4. The van der Waals surface area contributed by atoms with E-state index < -0.39 is 5.60 Å². The summed E-state index contributed by atoms with van der Waals surface area (Å²) in [6, 6.07) is 0. The highest BCUT2D eigenvalue weighted by molar-refractivity contribution is 5.04. The molecule has 1 aliphatic rings. The number of allylic oxidation sites excluding steroid dienone is 1. The van der Waals surface area contributed by atoms with Crippen molar-refractivity contribution in [3.63, 3.8) is 0 Å². The molecule has 0 aromatic carbocycles. The van der Waals surface area contributed by atoms with Gasteiger partial charge < -0.3 is 10.2 Å². The summed E-state index contributed by atoms with van der Waals surface area (Å²) in [4.78, 5) is 0. The van der Waals surface area contributed by atoms with Crippen LogP contribution in [0.25, 0.3) is 0 Å². The molecule has 0 spiro atoms. The molecule has 13 heavy (non-hydrogen) atoms. The van der Waals surface area contributed by atoms with Gasteiger partial charge in [0.25, 0.3) is 0 Å². The van der Waals surface area contributed by atoms with Crippen molar-refractivity contribution in [1.29, 1.82) is 0 Å². The van der Waals surface area contributed by atoms with Crippen molar-refractivity contribution in [2.75, 3.05) is 6.61 Å². The van der Waals surface area contributed by atoms with E-state index in [-0.39, 0.29) is 12.5 Å². The Kier molecular flexibility index (Phi) is 3.94. The second-order valence-electron chi connectivity index (χ2n) is 3.97. The van der Waals surface area contributed by atoms with Crippen LogP contribution in [0, 0.1) is 5.92 Å². The number of aliphatic hydroxyl groups is 2. The van der Waals surface area contributed by atoms with E-state index in [9.17, 15) is 10.2 Å². The van der Waals surface area contributed by atoms with Gasteiger partial charge in [-0.2, -0.15) is 0 Å². The lowest BCUT2D eigenvalue weighted by Crippen LogP contribution is -2.37. The predicted octanol–water partition coefficient (Wildman–Crippen LogP) is 1.87. The minimum atomic E-state index is -0.750. The molecule has 1 saturated carbocycles. The minimum absolute atomic E-state index is 0.0335. The van der Waals surface area contributed by atoms with Crippen LogP contribution >= 0.6 is 0 Å². The van der Waals surface area contributed by atoms with E-state index in [1.165, 1.54) is 6.42 Å².